The third kappa shape index (κ3) is 1.93. The van der Waals surface area contributed by atoms with Crippen LogP contribution in [0.2, 0.25) is 0 Å². The van der Waals surface area contributed by atoms with E-state index >= 15 is 0 Å². The highest BCUT2D eigenvalue weighted by molar-refractivity contribution is 5.79. The third-order valence-electron chi connectivity index (χ3n) is 2.33. The highest BCUT2D eigenvalue weighted by atomic mass is 16.2. The van der Waals surface area contributed by atoms with E-state index in [1.807, 2.05) is 12.3 Å². The number of aromatic amines is 1. The Bertz CT molecular complexity index is 375. The molecule has 2 rings (SSSR count). The summed E-state index contributed by atoms with van der Waals surface area (Å²) in [6, 6.07) is 4.15. The van der Waals surface area contributed by atoms with Crippen LogP contribution in [0.25, 0.3) is 10.9 Å². The van der Waals surface area contributed by atoms with E-state index in [9.17, 15) is 0 Å². The van der Waals surface area contributed by atoms with E-state index < -0.39 is 0 Å². The zero-order chi connectivity index (χ0) is 9.80. The summed E-state index contributed by atoms with van der Waals surface area (Å²) in [4.78, 5) is 7.36. The summed E-state index contributed by atoms with van der Waals surface area (Å²) in [5.74, 6) is 0. The maximum atomic E-state index is 8.66. The lowest BCUT2D eigenvalue weighted by atomic mass is 10.2. The maximum absolute atomic E-state index is 8.66. The van der Waals surface area contributed by atoms with Crippen LogP contribution >= 0.6 is 0 Å². The minimum atomic E-state index is 0.280. The van der Waals surface area contributed by atoms with E-state index in [4.69, 9.17) is 5.11 Å². The van der Waals surface area contributed by atoms with Crippen molar-refractivity contribution in [1.82, 2.24) is 9.97 Å². The van der Waals surface area contributed by atoms with E-state index in [0.29, 0.717) is 0 Å². The van der Waals surface area contributed by atoms with Gasteiger partial charge in [-0.2, -0.15) is 0 Å². The van der Waals surface area contributed by atoms with Crippen molar-refractivity contribution in [3.05, 3.63) is 30.2 Å². The summed E-state index contributed by atoms with van der Waals surface area (Å²) in [5, 5.41) is 9.87. The summed E-state index contributed by atoms with van der Waals surface area (Å²) in [5.41, 5.74) is 2.31. The second-order valence-corrected chi connectivity index (χ2v) is 3.44. The van der Waals surface area contributed by atoms with E-state index in [1.165, 1.54) is 11.1 Å². The Morgan fingerprint density at radius 3 is 3.07 bits per heavy atom. The van der Waals surface area contributed by atoms with Gasteiger partial charge in [0.2, 0.25) is 0 Å². The molecule has 3 nitrogen and oxygen atoms in total. The van der Waals surface area contributed by atoms with E-state index in [1.54, 1.807) is 6.20 Å². The Hall–Kier alpha value is -1.35. The molecule has 3 heteroatoms. The number of aromatic nitrogens is 2. The zero-order valence-electron chi connectivity index (χ0n) is 8.03. The molecule has 2 N–H and O–H groups in total. The molecule has 0 bridgehead atoms. The highest BCUT2D eigenvalue weighted by Crippen LogP contribution is 2.14. The normalized spacial score (nSPS) is 10.9. The minimum Gasteiger partial charge on any atom is -0.396 e. The quantitative estimate of drug-likeness (QED) is 0.723. The van der Waals surface area contributed by atoms with Crippen molar-refractivity contribution >= 4 is 10.9 Å². The second-order valence-electron chi connectivity index (χ2n) is 3.44. The van der Waals surface area contributed by atoms with E-state index in [-0.39, 0.29) is 6.61 Å². The van der Waals surface area contributed by atoms with E-state index in [2.05, 4.69) is 16.0 Å². The van der Waals surface area contributed by atoms with Crippen molar-refractivity contribution in [3.8, 4) is 0 Å². The summed E-state index contributed by atoms with van der Waals surface area (Å²) in [7, 11) is 0. The molecule has 0 fully saturated rings. The van der Waals surface area contributed by atoms with Crippen LogP contribution in [0, 0.1) is 0 Å². The molecule has 74 valence electrons. The number of hydrogen-bond acceptors (Lipinski definition) is 2. The molecule has 2 aromatic heterocycles. The molecule has 0 atom stereocenters. The monoisotopic (exact) mass is 190 g/mol. The second kappa shape index (κ2) is 4.24. The number of aliphatic hydroxyl groups excluding tert-OH is 1. The van der Waals surface area contributed by atoms with Crippen molar-refractivity contribution in [2.24, 2.45) is 0 Å². The Balaban J connectivity index is 2.11. The molecule has 2 heterocycles. The smallest absolute Gasteiger partial charge is 0.0642 e. The number of nitrogens with zero attached hydrogens (tertiary/aromatic N) is 1. The third-order valence-corrected chi connectivity index (χ3v) is 2.33. The Kier molecular flexibility index (Phi) is 2.79. The highest BCUT2D eigenvalue weighted by Gasteiger charge is 1.99. The fourth-order valence-corrected chi connectivity index (χ4v) is 1.59. The number of H-pyrrole nitrogens is 1. The first-order chi connectivity index (χ1) is 6.90. The van der Waals surface area contributed by atoms with Gasteiger partial charge in [0.15, 0.2) is 0 Å². The average Bonchev–Trinajstić information content (AvgIpc) is 2.60. The molecule has 0 radical (unpaired) electrons. The average molecular weight is 190 g/mol. The van der Waals surface area contributed by atoms with Gasteiger partial charge in [-0.15, -0.1) is 0 Å². The summed E-state index contributed by atoms with van der Waals surface area (Å²) < 4.78 is 0. The van der Waals surface area contributed by atoms with Crippen molar-refractivity contribution < 1.29 is 5.11 Å². The van der Waals surface area contributed by atoms with Crippen LogP contribution < -0.4 is 0 Å². The fourth-order valence-electron chi connectivity index (χ4n) is 1.59. The lowest BCUT2D eigenvalue weighted by Crippen LogP contribution is -1.88. The summed E-state index contributed by atoms with van der Waals surface area (Å²) >= 11 is 0. The van der Waals surface area contributed by atoms with Crippen LogP contribution in [0.4, 0.5) is 0 Å². The van der Waals surface area contributed by atoms with Gasteiger partial charge < -0.3 is 10.1 Å². The summed E-state index contributed by atoms with van der Waals surface area (Å²) in [6.07, 6.45) is 6.53. The predicted octanol–water partition coefficient (Wildman–Crippen LogP) is 1.88. The Labute approximate surface area is 82.8 Å². The fraction of sp³-hybridized carbons (Fsp3) is 0.364. The molecule has 14 heavy (non-hydrogen) atoms. The number of unbranched alkanes of at least 4 members (excludes halogenated alkanes) is 1. The van der Waals surface area contributed by atoms with Crippen LogP contribution in [-0.2, 0) is 6.42 Å². The SMILES string of the molecule is OCCCCc1cc2ccncc2[nH]1. The van der Waals surface area contributed by atoms with Crippen LogP contribution in [-0.4, -0.2) is 21.7 Å². The molecule has 2 aromatic rings. The van der Waals surface area contributed by atoms with Gasteiger partial charge >= 0.3 is 0 Å². The lowest BCUT2D eigenvalue weighted by Gasteiger charge is -1.94. The molecule has 0 aromatic carbocycles. The van der Waals surface area contributed by atoms with Gasteiger partial charge in [0.1, 0.15) is 0 Å². The Morgan fingerprint density at radius 1 is 1.36 bits per heavy atom. The topological polar surface area (TPSA) is 48.9 Å². The number of aryl methyl sites for hydroxylation is 1. The standard InChI is InChI=1S/C11H14N2O/c14-6-2-1-3-10-7-9-4-5-12-8-11(9)13-10/h4-5,7-8,13-14H,1-3,6H2. The first-order valence-corrected chi connectivity index (χ1v) is 4.92. The molecule has 0 aliphatic rings. The number of pyridine rings is 1. The van der Waals surface area contributed by atoms with Gasteiger partial charge in [0.05, 0.1) is 11.7 Å². The predicted molar refractivity (Wildman–Crippen MR) is 56.1 cm³/mol. The van der Waals surface area contributed by atoms with Crippen molar-refractivity contribution in [1.29, 1.82) is 0 Å². The van der Waals surface area contributed by atoms with E-state index in [0.717, 1.165) is 24.8 Å². The van der Waals surface area contributed by atoms with Gasteiger partial charge in [-0.1, -0.05) is 0 Å². The first-order valence-electron chi connectivity index (χ1n) is 4.92. The summed E-state index contributed by atoms with van der Waals surface area (Å²) in [6.45, 7) is 0.280. The minimum absolute atomic E-state index is 0.280. The molecule has 0 amide bonds. The van der Waals surface area contributed by atoms with Crippen LogP contribution in [0.5, 0.6) is 0 Å². The van der Waals surface area contributed by atoms with Gasteiger partial charge in [-0.05, 0) is 31.4 Å². The number of fused-ring (bicyclic) bond motifs is 1. The van der Waals surface area contributed by atoms with Gasteiger partial charge in [-0.25, -0.2) is 0 Å². The molecule has 0 aliphatic heterocycles. The lowest BCUT2D eigenvalue weighted by molar-refractivity contribution is 0.284. The molecule has 0 spiro atoms. The number of aliphatic hydroxyl groups is 1. The van der Waals surface area contributed by atoms with Crippen molar-refractivity contribution in [2.45, 2.75) is 19.3 Å². The first kappa shape index (κ1) is 9.21. The van der Waals surface area contributed by atoms with Crippen molar-refractivity contribution in [2.75, 3.05) is 6.61 Å². The molecule has 0 saturated heterocycles. The van der Waals surface area contributed by atoms with Crippen LogP contribution in [0.15, 0.2) is 24.5 Å². The molecule has 0 aliphatic carbocycles. The van der Waals surface area contributed by atoms with Crippen LogP contribution in [0.3, 0.4) is 0 Å². The number of rotatable bonds is 4. The molecular weight excluding hydrogens is 176 g/mol. The Morgan fingerprint density at radius 2 is 2.29 bits per heavy atom. The zero-order valence-corrected chi connectivity index (χ0v) is 8.03. The van der Waals surface area contributed by atoms with Gasteiger partial charge in [-0.3, -0.25) is 4.98 Å². The maximum Gasteiger partial charge on any atom is 0.0642 e. The number of nitrogens with one attached hydrogen (secondary N) is 1. The largest absolute Gasteiger partial charge is 0.396 e. The number of hydrogen-bond donors (Lipinski definition) is 2. The molecular formula is C11H14N2O. The molecule has 0 saturated carbocycles. The van der Waals surface area contributed by atoms with Crippen LogP contribution in [0.1, 0.15) is 18.5 Å². The molecule has 0 unspecified atom stereocenters. The van der Waals surface area contributed by atoms with Crippen molar-refractivity contribution in [3.63, 3.8) is 0 Å². The van der Waals surface area contributed by atoms with Gasteiger partial charge in [0.25, 0.3) is 0 Å². The van der Waals surface area contributed by atoms with Gasteiger partial charge in [0, 0.05) is 23.9 Å².